The van der Waals surface area contributed by atoms with E-state index in [1.54, 1.807) is 24.1 Å². The Morgan fingerprint density at radius 3 is 2.51 bits per heavy atom. The normalized spacial score (nSPS) is 14.9. The van der Waals surface area contributed by atoms with Crippen molar-refractivity contribution in [1.82, 2.24) is 14.2 Å². The molecule has 1 aliphatic rings. The van der Waals surface area contributed by atoms with Crippen molar-refractivity contribution in [3.05, 3.63) is 53.6 Å². The number of carbonyl (C=O) groups excluding carboxylic acids is 1. The number of carbonyl (C=O) groups is 1. The summed E-state index contributed by atoms with van der Waals surface area (Å²) in [6.45, 7) is 9.21. The third kappa shape index (κ3) is 6.74. The molecule has 8 nitrogen and oxygen atoms in total. The number of fused-ring (bicyclic) bond motifs is 1. The molecule has 37 heavy (non-hydrogen) atoms. The van der Waals surface area contributed by atoms with Crippen molar-refractivity contribution >= 4 is 42.6 Å². The maximum absolute atomic E-state index is 13.7. The first-order chi connectivity index (χ1) is 17.8. The van der Waals surface area contributed by atoms with Crippen LogP contribution in [0.5, 0.6) is 0 Å². The topological polar surface area (TPSA) is 83.1 Å². The summed E-state index contributed by atoms with van der Waals surface area (Å²) in [6.07, 6.45) is 2.52. The third-order valence-corrected chi connectivity index (χ3v) is 9.52. The highest BCUT2D eigenvalue weighted by molar-refractivity contribution is 7.89. The molecule has 0 bridgehead atoms. The molecule has 2 aromatic carbocycles. The molecular weight excluding hydrogens is 508 g/mol. The molecule has 0 atom stereocenters. The van der Waals surface area contributed by atoms with E-state index in [0.29, 0.717) is 23.8 Å². The molecule has 0 unspecified atom stereocenters. The fraction of sp³-hybridized carbons (Fsp3) is 0.481. The predicted molar refractivity (Wildman–Crippen MR) is 149 cm³/mol. The van der Waals surface area contributed by atoms with E-state index in [1.165, 1.54) is 27.8 Å². The Morgan fingerprint density at radius 1 is 1.08 bits per heavy atom. The molecule has 3 aromatic rings. The fourth-order valence-corrected chi connectivity index (χ4v) is 6.60. The lowest BCUT2D eigenvalue weighted by molar-refractivity contribution is 0.0376. The maximum Gasteiger partial charge on any atom is 0.260 e. The SMILES string of the molecule is CCCCN(C)S(=O)(=O)c1ccc(C(=O)N(CCCN2CCOCC2)c2nc3ccc(C)cc3s2)cc1. The summed E-state index contributed by atoms with van der Waals surface area (Å²) in [4.78, 5) is 22.7. The number of hydrogen-bond donors (Lipinski definition) is 0. The second-order valence-corrected chi connectivity index (χ2v) is 12.5. The highest BCUT2D eigenvalue weighted by Crippen LogP contribution is 2.31. The number of morpholine rings is 1. The predicted octanol–water partition coefficient (Wildman–Crippen LogP) is 4.39. The van der Waals surface area contributed by atoms with Gasteiger partial charge >= 0.3 is 0 Å². The fourth-order valence-electron chi connectivity index (χ4n) is 4.30. The molecule has 0 spiro atoms. The Hall–Kier alpha value is -2.37. The molecule has 1 saturated heterocycles. The molecule has 200 valence electrons. The summed E-state index contributed by atoms with van der Waals surface area (Å²) < 4.78 is 33.7. The molecule has 10 heteroatoms. The van der Waals surface area contributed by atoms with Crippen molar-refractivity contribution in [3.8, 4) is 0 Å². The van der Waals surface area contributed by atoms with Crippen LogP contribution in [0.4, 0.5) is 5.13 Å². The quantitative estimate of drug-likeness (QED) is 0.356. The first kappa shape index (κ1) is 27.7. The zero-order valence-corrected chi connectivity index (χ0v) is 23.5. The van der Waals surface area contributed by atoms with E-state index in [-0.39, 0.29) is 10.8 Å². The Balaban J connectivity index is 1.55. The van der Waals surface area contributed by atoms with Gasteiger partial charge in [0.05, 0.1) is 28.3 Å². The molecule has 0 saturated carbocycles. The highest BCUT2D eigenvalue weighted by Gasteiger charge is 2.24. The molecule has 1 amide bonds. The summed E-state index contributed by atoms with van der Waals surface area (Å²) in [7, 11) is -2.00. The number of aromatic nitrogens is 1. The van der Waals surface area contributed by atoms with Gasteiger partial charge in [0.25, 0.3) is 5.91 Å². The Bertz CT molecular complexity index is 1300. The minimum atomic E-state index is -3.59. The van der Waals surface area contributed by atoms with Crippen molar-refractivity contribution in [1.29, 1.82) is 0 Å². The molecule has 1 aliphatic heterocycles. The number of anilines is 1. The number of benzene rings is 2. The van der Waals surface area contributed by atoms with E-state index in [1.807, 2.05) is 26.0 Å². The van der Waals surface area contributed by atoms with Gasteiger partial charge in [0, 0.05) is 45.3 Å². The first-order valence-electron chi connectivity index (χ1n) is 12.8. The first-order valence-corrected chi connectivity index (χ1v) is 15.1. The molecule has 0 N–H and O–H groups in total. The van der Waals surface area contributed by atoms with Gasteiger partial charge in [-0.2, -0.15) is 0 Å². The van der Waals surface area contributed by atoms with Gasteiger partial charge in [-0.1, -0.05) is 30.7 Å². The number of unbranched alkanes of at least 4 members (excludes halogenated alkanes) is 1. The van der Waals surface area contributed by atoms with E-state index in [4.69, 9.17) is 9.72 Å². The van der Waals surface area contributed by atoms with Crippen LogP contribution < -0.4 is 4.90 Å². The number of aryl methyl sites for hydroxylation is 1. The van der Waals surface area contributed by atoms with Gasteiger partial charge in [0.2, 0.25) is 10.0 Å². The van der Waals surface area contributed by atoms with Crippen molar-refractivity contribution < 1.29 is 17.9 Å². The number of nitrogens with zero attached hydrogens (tertiary/aromatic N) is 4. The largest absolute Gasteiger partial charge is 0.379 e. The molecule has 1 aromatic heterocycles. The summed E-state index contributed by atoms with van der Waals surface area (Å²) in [6, 6.07) is 12.4. The third-order valence-electron chi connectivity index (χ3n) is 6.60. The number of hydrogen-bond acceptors (Lipinski definition) is 7. The van der Waals surface area contributed by atoms with Gasteiger partial charge in [0.15, 0.2) is 5.13 Å². The van der Waals surface area contributed by atoms with Gasteiger partial charge < -0.3 is 4.74 Å². The maximum atomic E-state index is 13.7. The summed E-state index contributed by atoms with van der Waals surface area (Å²) in [5.74, 6) is -0.180. The smallest absolute Gasteiger partial charge is 0.260 e. The van der Waals surface area contributed by atoms with Crippen LogP contribution in [0.1, 0.15) is 42.1 Å². The molecule has 1 fully saturated rings. The molecular formula is C27H36N4O4S2. The lowest BCUT2D eigenvalue weighted by atomic mass is 10.2. The number of ether oxygens (including phenoxy) is 1. The molecule has 4 rings (SSSR count). The highest BCUT2D eigenvalue weighted by atomic mass is 32.2. The van der Waals surface area contributed by atoms with Crippen LogP contribution in [0.15, 0.2) is 47.4 Å². The van der Waals surface area contributed by atoms with Crippen molar-refractivity contribution in [2.75, 3.05) is 57.9 Å². The van der Waals surface area contributed by atoms with Crippen LogP contribution in [-0.2, 0) is 14.8 Å². The Morgan fingerprint density at radius 2 is 1.81 bits per heavy atom. The van der Waals surface area contributed by atoms with E-state index < -0.39 is 10.0 Å². The number of thiazole rings is 1. The van der Waals surface area contributed by atoms with Gasteiger partial charge in [0.1, 0.15) is 0 Å². The number of sulfonamides is 1. The monoisotopic (exact) mass is 544 g/mol. The van der Waals surface area contributed by atoms with Crippen LogP contribution >= 0.6 is 11.3 Å². The van der Waals surface area contributed by atoms with Crippen LogP contribution in [0.2, 0.25) is 0 Å². The number of amides is 1. The molecule has 2 heterocycles. The van der Waals surface area contributed by atoms with Crippen LogP contribution in [0.25, 0.3) is 10.2 Å². The standard InChI is InChI=1S/C27H36N4O4S2/c1-4-5-13-29(3)37(33,34)23-10-8-22(9-11-23)26(32)31(15-6-14-30-16-18-35-19-17-30)27-28-24-12-7-21(2)20-25(24)36-27/h7-12,20H,4-6,13-19H2,1-3H3. The van der Waals surface area contributed by atoms with Crippen LogP contribution in [0.3, 0.4) is 0 Å². The Labute approximate surface area is 223 Å². The van der Waals surface area contributed by atoms with E-state index in [0.717, 1.165) is 67.9 Å². The summed E-state index contributed by atoms with van der Waals surface area (Å²) in [5, 5.41) is 0.656. The van der Waals surface area contributed by atoms with E-state index in [2.05, 4.69) is 11.0 Å². The van der Waals surface area contributed by atoms with Gasteiger partial charge in [-0.15, -0.1) is 0 Å². The lowest BCUT2D eigenvalue weighted by Crippen LogP contribution is -2.39. The zero-order chi connectivity index (χ0) is 26.4. The second kappa shape index (κ2) is 12.4. The average Bonchev–Trinajstić information content (AvgIpc) is 3.32. The van der Waals surface area contributed by atoms with Crippen molar-refractivity contribution in [3.63, 3.8) is 0 Å². The van der Waals surface area contributed by atoms with Crippen LogP contribution in [0, 0.1) is 6.92 Å². The molecule has 0 radical (unpaired) electrons. The van der Waals surface area contributed by atoms with Gasteiger partial charge in [-0.3, -0.25) is 14.6 Å². The van der Waals surface area contributed by atoms with Crippen molar-refractivity contribution in [2.45, 2.75) is 38.0 Å². The van der Waals surface area contributed by atoms with Gasteiger partial charge in [-0.05, 0) is 61.7 Å². The van der Waals surface area contributed by atoms with Crippen LogP contribution in [-0.4, -0.2) is 81.5 Å². The summed E-state index contributed by atoms with van der Waals surface area (Å²) in [5.41, 5.74) is 2.46. The average molecular weight is 545 g/mol. The van der Waals surface area contributed by atoms with Gasteiger partial charge in [-0.25, -0.2) is 17.7 Å². The number of rotatable bonds is 11. The summed E-state index contributed by atoms with van der Waals surface area (Å²) >= 11 is 1.51. The molecule has 0 aliphatic carbocycles. The Kier molecular flexibility index (Phi) is 9.31. The lowest BCUT2D eigenvalue weighted by Gasteiger charge is -2.27. The minimum Gasteiger partial charge on any atom is -0.379 e. The zero-order valence-electron chi connectivity index (χ0n) is 21.9. The van der Waals surface area contributed by atoms with E-state index >= 15 is 0 Å². The van der Waals surface area contributed by atoms with E-state index in [9.17, 15) is 13.2 Å². The second-order valence-electron chi connectivity index (χ2n) is 9.44. The minimum absolute atomic E-state index is 0.180. The van der Waals surface area contributed by atoms with Crippen molar-refractivity contribution in [2.24, 2.45) is 0 Å².